The van der Waals surface area contributed by atoms with Gasteiger partial charge in [0.05, 0.1) is 24.4 Å². The van der Waals surface area contributed by atoms with Gasteiger partial charge in [-0.2, -0.15) is 0 Å². The second kappa shape index (κ2) is 6.59. The lowest BCUT2D eigenvalue weighted by molar-refractivity contribution is -0.124. The van der Waals surface area contributed by atoms with E-state index in [2.05, 4.69) is 26.8 Å². The molecule has 0 amide bonds. The van der Waals surface area contributed by atoms with E-state index in [1.54, 1.807) is 7.11 Å². The molecule has 0 aromatic heterocycles. The third-order valence-corrected chi connectivity index (χ3v) is 5.06. The van der Waals surface area contributed by atoms with Gasteiger partial charge in [0, 0.05) is 20.1 Å². The molecule has 2 fully saturated rings. The molecule has 1 spiro atoms. The number of methoxy groups -OCH3 is 2. The van der Waals surface area contributed by atoms with Gasteiger partial charge in [-0.3, -0.25) is 0 Å². The third-order valence-electron chi connectivity index (χ3n) is 5.06. The number of allylic oxidation sites excluding steroid dienone is 2. The van der Waals surface area contributed by atoms with Crippen molar-refractivity contribution in [3.63, 3.8) is 0 Å². The van der Waals surface area contributed by atoms with Gasteiger partial charge in [0.2, 0.25) is 0 Å². The molecule has 1 heterocycles. The van der Waals surface area contributed by atoms with Gasteiger partial charge in [-0.1, -0.05) is 18.6 Å². The zero-order valence-electron chi connectivity index (χ0n) is 13.6. The Morgan fingerprint density at radius 3 is 2.55 bits per heavy atom. The van der Waals surface area contributed by atoms with Crippen LogP contribution < -0.4 is 0 Å². The highest BCUT2D eigenvalue weighted by Gasteiger charge is 2.59. The quantitative estimate of drug-likeness (QED) is 0.551. The largest absolute Gasteiger partial charge is 0.379 e. The maximum atomic E-state index is 5.87. The minimum atomic E-state index is 0.0834. The molecule has 0 aromatic carbocycles. The smallest absolute Gasteiger partial charge is 0.0973 e. The summed E-state index contributed by atoms with van der Waals surface area (Å²) < 4.78 is 17.3. The SMILES string of the molecule is COC1CC[C@]2(CO2)C([C@H](C)CCC=C(C)C)C1OC. The number of ether oxygens (including phenoxy) is 3. The number of hydrogen-bond donors (Lipinski definition) is 0. The molecular formula is C17H30O3. The van der Waals surface area contributed by atoms with Crippen molar-refractivity contribution in [3.8, 4) is 0 Å². The van der Waals surface area contributed by atoms with Crippen molar-refractivity contribution in [1.29, 1.82) is 0 Å². The van der Waals surface area contributed by atoms with Crippen molar-refractivity contribution in [2.24, 2.45) is 11.8 Å². The lowest BCUT2D eigenvalue weighted by Gasteiger charge is -2.43. The maximum absolute atomic E-state index is 5.87. The second-order valence-corrected chi connectivity index (χ2v) is 6.73. The molecule has 2 aliphatic rings. The van der Waals surface area contributed by atoms with Crippen LogP contribution >= 0.6 is 0 Å². The first-order valence-corrected chi connectivity index (χ1v) is 7.87. The predicted octanol–water partition coefficient (Wildman–Crippen LogP) is 3.58. The van der Waals surface area contributed by atoms with Crippen molar-refractivity contribution in [2.45, 2.75) is 64.3 Å². The van der Waals surface area contributed by atoms with Crippen LogP contribution in [0.2, 0.25) is 0 Å². The zero-order valence-corrected chi connectivity index (χ0v) is 13.6. The van der Waals surface area contributed by atoms with Crippen LogP contribution in [0.5, 0.6) is 0 Å². The van der Waals surface area contributed by atoms with Crippen molar-refractivity contribution in [2.75, 3.05) is 20.8 Å². The van der Waals surface area contributed by atoms with Crippen molar-refractivity contribution < 1.29 is 14.2 Å². The minimum absolute atomic E-state index is 0.0834. The molecule has 2 rings (SSSR count). The summed E-state index contributed by atoms with van der Waals surface area (Å²) >= 11 is 0. The minimum Gasteiger partial charge on any atom is -0.379 e. The van der Waals surface area contributed by atoms with Gasteiger partial charge >= 0.3 is 0 Å². The van der Waals surface area contributed by atoms with Gasteiger partial charge in [0.1, 0.15) is 0 Å². The summed E-state index contributed by atoms with van der Waals surface area (Å²) in [5.74, 6) is 1.05. The van der Waals surface area contributed by atoms with E-state index >= 15 is 0 Å². The monoisotopic (exact) mass is 282 g/mol. The fourth-order valence-electron chi connectivity index (χ4n) is 3.88. The first kappa shape index (κ1) is 16.0. The number of rotatable bonds is 6. The Kier molecular flexibility index (Phi) is 5.27. The molecule has 0 bridgehead atoms. The summed E-state index contributed by atoms with van der Waals surface area (Å²) in [7, 11) is 3.61. The predicted molar refractivity (Wildman–Crippen MR) is 80.8 cm³/mol. The highest BCUT2D eigenvalue weighted by Crippen LogP contribution is 2.51. The van der Waals surface area contributed by atoms with Gasteiger partial charge in [0.25, 0.3) is 0 Å². The van der Waals surface area contributed by atoms with E-state index in [4.69, 9.17) is 14.2 Å². The normalized spacial score (nSPS) is 37.8. The average molecular weight is 282 g/mol. The molecule has 20 heavy (non-hydrogen) atoms. The molecule has 3 unspecified atom stereocenters. The fraction of sp³-hybridized carbons (Fsp3) is 0.882. The Balaban J connectivity index is 2.05. The summed E-state index contributed by atoms with van der Waals surface area (Å²) in [6.07, 6.45) is 7.20. The molecule has 116 valence electrons. The van der Waals surface area contributed by atoms with Crippen LogP contribution in [0.1, 0.15) is 46.5 Å². The Morgan fingerprint density at radius 2 is 2.05 bits per heavy atom. The highest BCUT2D eigenvalue weighted by molar-refractivity contribution is 5.08. The van der Waals surface area contributed by atoms with Crippen LogP contribution in [0, 0.1) is 11.8 Å². The maximum Gasteiger partial charge on any atom is 0.0973 e. The highest BCUT2D eigenvalue weighted by atomic mass is 16.6. The Hall–Kier alpha value is -0.380. The van der Waals surface area contributed by atoms with E-state index in [9.17, 15) is 0 Å². The van der Waals surface area contributed by atoms with Gasteiger partial charge in [-0.15, -0.1) is 0 Å². The van der Waals surface area contributed by atoms with Crippen LogP contribution in [0.15, 0.2) is 11.6 Å². The summed E-state index contributed by atoms with van der Waals surface area (Å²) in [6.45, 7) is 7.57. The molecule has 3 nitrogen and oxygen atoms in total. The molecule has 1 saturated carbocycles. The van der Waals surface area contributed by atoms with Gasteiger partial charge in [-0.05, 0) is 45.4 Å². The summed E-state index contributed by atoms with van der Waals surface area (Å²) in [4.78, 5) is 0. The van der Waals surface area contributed by atoms with Crippen LogP contribution in [0.3, 0.4) is 0 Å². The molecule has 1 saturated heterocycles. The van der Waals surface area contributed by atoms with Gasteiger partial charge in [0.15, 0.2) is 0 Å². The first-order valence-electron chi connectivity index (χ1n) is 7.87. The van der Waals surface area contributed by atoms with Gasteiger partial charge < -0.3 is 14.2 Å². The van der Waals surface area contributed by atoms with Crippen LogP contribution in [-0.4, -0.2) is 38.6 Å². The topological polar surface area (TPSA) is 31.0 Å². The van der Waals surface area contributed by atoms with E-state index < -0.39 is 0 Å². The molecule has 3 heteroatoms. The molecule has 1 aliphatic heterocycles. The van der Waals surface area contributed by atoms with Crippen LogP contribution in [0.4, 0.5) is 0 Å². The van der Waals surface area contributed by atoms with E-state index in [0.717, 1.165) is 25.9 Å². The lowest BCUT2D eigenvalue weighted by atomic mass is 9.68. The van der Waals surface area contributed by atoms with Crippen molar-refractivity contribution >= 4 is 0 Å². The number of hydrogen-bond acceptors (Lipinski definition) is 3. The Bertz CT molecular complexity index is 342. The van der Waals surface area contributed by atoms with Crippen LogP contribution in [0.25, 0.3) is 0 Å². The Labute approximate surface area is 123 Å². The molecular weight excluding hydrogens is 252 g/mol. The van der Waals surface area contributed by atoms with Crippen molar-refractivity contribution in [3.05, 3.63) is 11.6 Å². The average Bonchev–Trinajstić information content (AvgIpc) is 3.17. The van der Waals surface area contributed by atoms with E-state index in [1.807, 2.05) is 7.11 Å². The summed E-state index contributed by atoms with van der Waals surface area (Å²) in [5, 5.41) is 0. The number of epoxide rings is 1. The van der Waals surface area contributed by atoms with Crippen LogP contribution in [-0.2, 0) is 14.2 Å². The second-order valence-electron chi connectivity index (χ2n) is 6.73. The van der Waals surface area contributed by atoms with Crippen molar-refractivity contribution in [1.82, 2.24) is 0 Å². The van der Waals surface area contributed by atoms with E-state index in [0.29, 0.717) is 11.8 Å². The third kappa shape index (κ3) is 3.26. The fourth-order valence-corrected chi connectivity index (χ4v) is 3.88. The van der Waals surface area contributed by atoms with E-state index in [-0.39, 0.29) is 17.8 Å². The molecule has 0 aromatic rings. The summed E-state index contributed by atoms with van der Waals surface area (Å²) in [6, 6.07) is 0. The zero-order chi connectivity index (χ0) is 14.8. The molecule has 5 atom stereocenters. The standard InChI is InChI=1S/C17H30O3/c1-12(2)7-6-8-13(3)15-16(19-5)14(18-4)9-10-17(15)11-20-17/h7,13-16H,6,8-11H2,1-5H3/t13-,14?,15?,16?,17+/m1/s1. The Morgan fingerprint density at radius 1 is 1.35 bits per heavy atom. The molecule has 0 N–H and O–H groups in total. The van der Waals surface area contributed by atoms with Gasteiger partial charge in [-0.25, -0.2) is 0 Å². The lowest BCUT2D eigenvalue weighted by Crippen LogP contribution is -2.51. The first-order chi connectivity index (χ1) is 9.54. The molecule has 0 radical (unpaired) electrons. The van der Waals surface area contributed by atoms with E-state index in [1.165, 1.54) is 12.0 Å². The summed E-state index contributed by atoms with van der Waals surface area (Å²) in [5.41, 5.74) is 1.48. The molecule has 1 aliphatic carbocycles.